The Labute approximate surface area is 160 Å². The van der Waals surface area contributed by atoms with Crippen LogP contribution >= 0.6 is 12.6 Å². The van der Waals surface area contributed by atoms with E-state index in [1.54, 1.807) is 0 Å². The third-order valence-corrected chi connectivity index (χ3v) is 3.67. The van der Waals surface area contributed by atoms with Gasteiger partial charge < -0.3 is 37.0 Å². The van der Waals surface area contributed by atoms with E-state index in [2.05, 4.69) is 23.3 Å². The molecule has 0 aromatic heterocycles. The second-order valence-electron chi connectivity index (χ2n) is 5.62. The molecule has 0 aliphatic carbocycles. The van der Waals surface area contributed by atoms with Crippen LogP contribution in [-0.4, -0.2) is 81.5 Å². The lowest BCUT2D eigenvalue weighted by molar-refractivity contribution is -0.144. The van der Waals surface area contributed by atoms with Crippen LogP contribution in [0.3, 0.4) is 0 Å². The van der Waals surface area contributed by atoms with Gasteiger partial charge in [0.25, 0.3) is 0 Å². The fourth-order valence-electron chi connectivity index (χ4n) is 1.79. The first-order valence-electron chi connectivity index (χ1n) is 7.86. The van der Waals surface area contributed by atoms with Gasteiger partial charge in [-0.25, -0.2) is 4.79 Å². The zero-order valence-corrected chi connectivity index (χ0v) is 15.4. The van der Waals surface area contributed by atoms with Crippen molar-refractivity contribution in [3.63, 3.8) is 0 Å². The molecule has 0 aromatic rings. The van der Waals surface area contributed by atoms with E-state index in [-0.39, 0.29) is 18.6 Å². The molecule has 0 bridgehead atoms. The van der Waals surface area contributed by atoms with Gasteiger partial charge in [-0.3, -0.25) is 19.2 Å². The fraction of sp³-hybridized carbons (Fsp3) is 0.643. The van der Waals surface area contributed by atoms with Crippen molar-refractivity contribution in [1.82, 2.24) is 16.0 Å². The normalized spacial score (nSPS) is 15.0. The topological polar surface area (TPSA) is 208 Å². The van der Waals surface area contributed by atoms with E-state index >= 15 is 0 Å². The second-order valence-corrected chi connectivity index (χ2v) is 5.99. The molecule has 0 radical (unpaired) electrons. The minimum atomic E-state index is -1.54. The molecule has 0 aliphatic rings. The van der Waals surface area contributed by atoms with Crippen LogP contribution in [-0.2, 0) is 24.0 Å². The van der Waals surface area contributed by atoms with Gasteiger partial charge >= 0.3 is 11.9 Å². The average Bonchev–Trinajstić information content (AvgIpc) is 2.58. The molecule has 0 spiro atoms. The lowest BCUT2D eigenvalue weighted by Crippen LogP contribution is -2.55. The second kappa shape index (κ2) is 12.1. The molecule has 0 heterocycles. The van der Waals surface area contributed by atoms with Crippen molar-refractivity contribution in [3.05, 3.63) is 0 Å². The first-order valence-corrected chi connectivity index (χ1v) is 8.49. The predicted molar refractivity (Wildman–Crippen MR) is 94.9 cm³/mol. The van der Waals surface area contributed by atoms with Crippen molar-refractivity contribution < 1.29 is 39.3 Å². The van der Waals surface area contributed by atoms with Crippen LogP contribution in [0, 0.1) is 0 Å². The maximum absolute atomic E-state index is 12.0. The van der Waals surface area contributed by atoms with E-state index in [4.69, 9.17) is 15.9 Å². The molecule has 8 N–H and O–H groups in total. The number of nitrogens with one attached hydrogen (secondary N) is 3. The number of aliphatic carboxylic acids is 2. The standard InChI is InChI=1S/C14H24N4O8S/c1-6(19)11(14(25)26)18-9(20)4-16-13(24)8(5-27)17-12(23)7(15)2-3-10(21)22/h6-8,11,19,27H,2-5,15H2,1H3,(H,16,24)(H,17,23)(H,18,20)(H,21,22)(H,25,26). The molecule has 0 saturated carbocycles. The van der Waals surface area contributed by atoms with E-state index < -0.39 is 60.4 Å². The largest absolute Gasteiger partial charge is 0.481 e. The third-order valence-electron chi connectivity index (χ3n) is 3.31. The quantitative estimate of drug-likeness (QED) is 0.152. The molecule has 0 aliphatic heterocycles. The third kappa shape index (κ3) is 9.77. The first-order chi connectivity index (χ1) is 12.5. The highest BCUT2D eigenvalue weighted by Gasteiger charge is 2.26. The zero-order valence-electron chi connectivity index (χ0n) is 14.5. The molecule has 0 rings (SSSR count). The molecule has 13 heteroatoms. The van der Waals surface area contributed by atoms with Crippen LogP contribution in [0.1, 0.15) is 19.8 Å². The highest BCUT2D eigenvalue weighted by atomic mass is 32.1. The number of carbonyl (C=O) groups excluding carboxylic acids is 3. The van der Waals surface area contributed by atoms with Gasteiger partial charge in [-0.1, -0.05) is 0 Å². The summed E-state index contributed by atoms with van der Waals surface area (Å²) in [5.74, 6) is -5.09. The number of amides is 3. The van der Waals surface area contributed by atoms with Gasteiger partial charge in [-0.2, -0.15) is 12.6 Å². The Morgan fingerprint density at radius 2 is 1.67 bits per heavy atom. The molecular weight excluding hydrogens is 384 g/mol. The van der Waals surface area contributed by atoms with Crippen molar-refractivity contribution in [2.24, 2.45) is 5.73 Å². The molecule has 0 saturated heterocycles. The van der Waals surface area contributed by atoms with E-state index in [1.165, 1.54) is 6.92 Å². The Morgan fingerprint density at radius 1 is 1.07 bits per heavy atom. The van der Waals surface area contributed by atoms with Gasteiger partial charge in [0, 0.05) is 12.2 Å². The number of aliphatic hydroxyl groups excluding tert-OH is 1. The molecule has 3 amide bonds. The predicted octanol–water partition coefficient (Wildman–Crippen LogP) is -3.34. The Hall–Kier alpha value is -2.38. The number of hydrogen-bond acceptors (Lipinski definition) is 8. The number of thiol groups is 1. The fourth-order valence-corrected chi connectivity index (χ4v) is 2.04. The van der Waals surface area contributed by atoms with E-state index in [9.17, 15) is 29.1 Å². The smallest absolute Gasteiger partial charge is 0.328 e. The van der Waals surface area contributed by atoms with E-state index in [0.717, 1.165) is 0 Å². The summed E-state index contributed by atoms with van der Waals surface area (Å²) >= 11 is 3.91. The molecule has 4 unspecified atom stereocenters. The summed E-state index contributed by atoms with van der Waals surface area (Å²) in [6, 6.07) is -3.82. The number of rotatable bonds is 12. The SMILES string of the molecule is CC(O)C(NC(=O)CNC(=O)C(CS)NC(=O)C(N)CCC(=O)O)C(=O)O. The number of hydrogen-bond donors (Lipinski definition) is 8. The van der Waals surface area contributed by atoms with E-state index in [1.807, 2.05) is 5.32 Å². The lowest BCUT2D eigenvalue weighted by atomic mass is 10.1. The summed E-state index contributed by atoms with van der Waals surface area (Å²) in [6.45, 7) is 0.582. The first kappa shape index (κ1) is 24.6. The van der Waals surface area contributed by atoms with Crippen molar-refractivity contribution in [1.29, 1.82) is 0 Å². The van der Waals surface area contributed by atoms with Crippen molar-refractivity contribution in [3.8, 4) is 0 Å². The molecule has 154 valence electrons. The van der Waals surface area contributed by atoms with Gasteiger partial charge in [0.15, 0.2) is 6.04 Å². The summed E-state index contributed by atoms with van der Waals surface area (Å²) in [5.41, 5.74) is 5.53. The average molecular weight is 408 g/mol. The molecule has 0 fully saturated rings. The Kier molecular flexibility index (Phi) is 11.0. The van der Waals surface area contributed by atoms with Crippen LogP contribution in [0.15, 0.2) is 0 Å². The van der Waals surface area contributed by atoms with Crippen LogP contribution < -0.4 is 21.7 Å². The minimum absolute atomic E-state index is 0.125. The van der Waals surface area contributed by atoms with Gasteiger partial charge in [0.2, 0.25) is 17.7 Å². The van der Waals surface area contributed by atoms with Crippen LogP contribution in [0.25, 0.3) is 0 Å². The summed E-state index contributed by atoms with van der Waals surface area (Å²) in [7, 11) is 0. The number of carboxylic acid groups (broad SMARTS) is 2. The molecule has 27 heavy (non-hydrogen) atoms. The Morgan fingerprint density at radius 3 is 2.11 bits per heavy atom. The van der Waals surface area contributed by atoms with Crippen LogP contribution in [0.5, 0.6) is 0 Å². The van der Waals surface area contributed by atoms with Crippen molar-refractivity contribution in [2.75, 3.05) is 12.3 Å². The highest BCUT2D eigenvalue weighted by Crippen LogP contribution is 1.97. The number of aliphatic hydroxyl groups is 1. The zero-order chi connectivity index (χ0) is 21.1. The van der Waals surface area contributed by atoms with Crippen LogP contribution in [0.4, 0.5) is 0 Å². The molecule has 12 nitrogen and oxygen atoms in total. The lowest BCUT2D eigenvalue weighted by Gasteiger charge is -2.20. The van der Waals surface area contributed by atoms with Gasteiger partial charge in [0.1, 0.15) is 6.04 Å². The summed E-state index contributed by atoms with van der Waals surface area (Å²) < 4.78 is 0. The van der Waals surface area contributed by atoms with Crippen LogP contribution in [0.2, 0.25) is 0 Å². The van der Waals surface area contributed by atoms with Gasteiger partial charge in [0.05, 0.1) is 18.7 Å². The summed E-state index contributed by atoms with van der Waals surface area (Å²) in [5, 5.41) is 33.2. The number of nitrogens with two attached hydrogens (primary N) is 1. The minimum Gasteiger partial charge on any atom is -0.481 e. The number of carbonyl (C=O) groups is 5. The van der Waals surface area contributed by atoms with Crippen molar-refractivity contribution in [2.45, 2.75) is 44.0 Å². The van der Waals surface area contributed by atoms with Gasteiger partial charge in [-0.15, -0.1) is 0 Å². The molecule has 4 atom stereocenters. The summed E-state index contributed by atoms with van der Waals surface area (Å²) in [6.07, 6.45) is -1.79. The number of carboxylic acids is 2. The molecular formula is C14H24N4O8S. The van der Waals surface area contributed by atoms with E-state index in [0.29, 0.717) is 0 Å². The Balaban J connectivity index is 4.55. The highest BCUT2D eigenvalue weighted by molar-refractivity contribution is 7.80. The maximum Gasteiger partial charge on any atom is 0.328 e. The maximum atomic E-state index is 12.0. The van der Waals surface area contributed by atoms with Crippen molar-refractivity contribution >= 4 is 42.3 Å². The summed E-state index contributed by atoms with van der Waals surface area (Å²) in [4.78, 5) is 56.9. The Bertz CT molecular complexity index is 571. The monoisotopic (exact) mass is 408 g/mol. The molecule has 0 aromatic carbocycles. The van der Waals surface area contributed by atoms with Gasteiger partial charge in [-0.05, 0) is 13.3 Å².